The minimum Gasteiger partial charge on any atom is -0.255 e. The SMILES string of the molecule is c1ccc(-c2nc3ccccc3nc2-c2ccc3c(-c4ccc5ccc6ccc(-c7ccccn7)nc6c5n4)cccc3c2)cc1. The van der Waals surface area contributed by atoms with E-state index in [1.165, 1.54) is 0 Å². The van der Waals surface area contributed by atoms with Gasteiger partial charge < -0.3 is 0 Å². The Labute approximate surface area is 264 Å². The summed E-state index contributed by atoms with van der Waals surface area (Å²) in [6, 6.07) is 49.7. The fourth-order valence-electron chi connectivity index (χ4n) is 6.23. The van der Waals surface area contributed by atoms with E-state index in [4.69, 9.17) is 19.9 Å². The van der Waals surface area contributed by atoms with Crippen LogP contribution in [0.2, 0.25) is 0 Å². The van der Waals surface area contributed by atoms with Crippen molar-refractivity contribution < 1.29 is 0 Å². The summed E-state index contributed by atoms with van der Waals surface area (Å²) in [6.45, 7) is 0. The Morgan fingerprint density at radius 3 is 1.76 bits per heavy atom. The smallest absolute Gasteiger partial charge is 0.0973 e. The average Bonchev–Trinajstić information content (AvgIpc) is 3.14. The van der Waals surface area contributed by atoms with E-state index in [9.17, 15) is 0 Å². The van der Waals surface area contributed by atoms with Crippen molar-refractivity contribution in [3.63, 3.8) is 0 Å². The van der Waals surface area contributed by atoms with Crippen molar-refractivity contribution in [3.05, 3.63) is 152 Å². The molecule has 5 nitrogen and oxygen atoms in total. The lowest BCUT2D eigenvalue weighted by atomic mass is 9.96. The third-order valence-electron chi connectivity index (χ3n) is 8.49. The number of hydrogen-bond donors (Lipinski definition) is 0. The molecule has 0 unspecified atom stereocenters. The summed E-state index contributed by atoms with van der Waals surface area (Å²) in [5.41, 5.74) is 10.9. The molecule has 0 spiro atoms. The van der Waals surface area contributed by atoms with Gasteiger partial charge in [0.1, 0.15) is 0 Å². The Kier molecular flexibility index (Phi) is 6.06. The third-order valence-corrected chi connectivity index (χ3v) is 8.49. The van der Waals surface area contributed by atoms with E-state index in [1.807, 2.05) is 66.7 Å². The molecule has 0 fully saturated rings. The minimum absolute atomic E-state index is 0.831. The molecule has 0 atom stereocenters. The minimum atomic E-state index is 0.831. The van der Waals surface area contributed by atoms with Crippen LogP contribution in [0.3, 0.4) is 0 Å². The summed E-state index contributed by atoms with van der Waals surface area (Å²) in [5.74, 6) is 0. The normalized spacial score (nSPS) is 11.5. The van der Waals surface area contributed by atoms with E-state index in [2.05, 4.69) is 83.8 Å². The van der Waals surface area contributed by atoms with E-state index >= 15 is 0 Å². The second kappa shape index (κ2) is 10.7. The molecule has 0 radical (unpaired) electrons. The monoisotopic (exact) mass is 587 g/mol. The molecule has 46 heavy (non-hydrogen) atoms. The molecule has 0 saturated carbocycles. The predicted molar refractivity (Wildman–Crippen MR) is 187 cm³/mol. The lowest BCUT2D eigenvalue weighted by Crippen LogP contribution is -1.95. The molecule has 5 heteroatoms. The number of hydrogen-bond acceptors (Lipinski definition) is 5. The van der Waals surface area contributed by atoms with Crippen LogP contribution in [0, 0.1) is 0 Å². The maximum atomic E-state index is 5.22. The van der Waals surface area contributed by atoms with Gasteiger partial charge in [0.2, 0.25) is 0 Å². The van der Waals surface area contributed by atoms with Crippen molar-refractivity contribution in [1.82, 2.24) is 24.9 Å². The zero-order valence-corrected chi connectivity index (χ0v) is 24.7. The van der Waals surface area contributed by atoms with Crippen molar-refractivity contribution >= 4 is 43.6 Å². The molecule has 0 amide bonds. The molecule has 9 rings (SSSR count). The standard InChI is InChI=1S/C41H25N5/c1-2-9-26(10-3-1)38-41(45-36-15-5-4-14-35(36)44-38)30-18-21-31-29(25-30)11-8-12-32(31)33-22-19-27-16-17-28-20-23-37(34-13-6-7-24-42-34)46-40(28)39(27)43-33/h1-25H. The quantitative estimate of drug-likeness (QED) is 0.192. The van der Waals surface area contributed by atoms with Crippen LogP contribution < -0.4 is 0 Å². The van der Waals surface area contributed by atoms with Gasteiger partial charge in [0, 0.05) is 33.7 Å². The van der Waals surface area contributed by atoms with Gasteiger partial charge in [-0.15, -0.1) is 0 Å². The molecule has 0 bridgehead atoms. The van der Waals surface area contributed by atoms with Gasteiger partial charge >= 0.3 is 0 Å². The van der Waals surface area contributed by atoms with Gasteiger partial charge in [0.05, 0.1) is 50.5 Å². The van der Waals surface area contributed by atoms with Crippen LogP contribution in [0.4, 0.5) is 0 Å². The molecule has 4 heterocycles. The first-order valence-corrected chi connectivity index (χ1v) is 15.3. The van der Waals surface area contributed by atoms with Crippen molar-refractivity contribution in [2.75, 3.05) is 0 Å². The van der Waals surface area contributed by atoms with Crippen LogP contribution in [-0.4, -0.2) is 24.9 Å². The third kappa shape index (κ3) is 4.45. The van der Waals surface area contributed by atoms with Gasteiger partial charge in [-0.1, -0.05) is 103 Å². The highest BCUT2D eigenvalue weighted by molar-refractivity contribution is 6.05. The summed E-state index contributed by atoms with van der Waals surface area (Å²) >= 11 is 0. The molecule has 0 saturated heterocycles. The Balaban J connectivity index is 1.19. The Morgan fingerprint density at radius 2 is 1.02 bits per heavy atom. The first kappa shape index (κ1) is 26.1. The van der Waals surface area contributed by atoms with Gasteiger partial charge in [-0.05, 0) is 53.2 Å². The highest BCUT2D eigenvalue weighted by Gasteiger charge is 2.15. The maximum absolute atomic E-state index is 5.22. The van der Waals surface area contributed by atoms with Crippen LogP contribution in [0.5, 0.6) is 0 Å². The summed E-state index contributed by atoms with van der Waals surface area (Å²) in [7, 11) is 0. The second-order valence-electron chi connectivity index (χ2n) is 11.3. The fraction of sp³-hybridized carbons (Fsp3) is 0. The van der Waals surface area contributed by atoms with Crippen molar-refractivity contribution in [2.24, 2.45) is 0 Å². The Morgan fingerprint density at radius 1 is 0.370 bits per heavy atom. The summed E-state index contributed by atoms with van der Waals surface area (Å²) in [6.07, 6.45) is 1.79. The van der Waals surface area contributed by atoms with Gasteiger partial charge in [0.25, 0.3) is 0 Å². The van der Waals surface area contributed by atoms with Gasteiger partial charge in [-0.25, -0.2) is 19.9 Å². The molecular formula is C41H25N5. The Hall–Kier alpha value is -6.33. The summed E-state index contributed by atoms with van der Waals surface area (Å²) < 4.78 is 0. The van der Waals surface area contributed by atoms with Crippen molar-refractivity contribution in [1.29, 1.82) is 0 Å². The highest BCUT2D eigenvalue weighted by atomic mass is 14.8. The summed E-state index contributed by atoms with van der Waals surface area (Å²) in [4.78, 5) is 24.9. The zero-order chi connectivity index (χ0) is 30.5. The average molecular weight is 588 g/mol. The van der Waals surface area contributed by atoms with Crippen LogP contribution in [0.1, 0.15) is 0 Å². The van der Waals surface area contributed by atoms with E-state index in [-0.39, 0.29) is 0 Å². The molecule has 4 aromatic heterocycles. The molecule has 9 aromatic rings. The van der Waals surface area contributed by atoms with Crippen molar-refractivity contribution in [2.45, 2.75) is 0 Å². The Bertz CT molecular complexity index is 2580. The molecule has 0 aliphatic rings. The van der Waals surface area contributed by atoms with Crippen LogP contribution in [0.15, 0.2) is 152 Å². The maximum Gasteiger partial charge on any atom is 0.0973 e. The van der Waals surface area contributed by atoms with Crippen LogP contribution in [0.25, 0.3) is 88.8 Å². The molecule has 0 aliphatic heterocycles. The van der Waals surface area contributed by atoms with Crippen molar-refractivity contribution in [3.8, 4) is 45.2 Å². The lowest BCUT2D eigenvalue weighted by Gasteiger charge is -2.13. The molecule has 0 aliphatic carbocycles. The molecular weight excluding hydrogens is 562 g/mol. The highest BCUT2D eigenvalue weighted by Crippen LogP contribution is 2.36. The molecule has 214 valence electrons. The van der Waals surface area contributed by atoms with E-state index in [1.54, 1.807) is 6.20 Å². The number of aromatic nitrogens is 5. The number of nitrogens with zero attached hydrogens (tertiary/aromatic N) is 5. The lowest BCUT2D eigenvalue weighted by molar-refractivity contribution is 1.27. The first-order valence-electron chi connectivity index (χ1n) is 15.3. The zero-order valence-electron chi connectivity index (χ0n) is 24.7. The number of benzene rings is 5. The van der Waals surface area contributed by atoms with Crippen LogP contribution in [-0.2, 0) is 0 Å². The van der Waals surface area contributed by atoms with E-state index < -0.39 is 0 Å². The molecule has 0 N–H and O–H groups in total. The largest absolute Gasteiger partial charge is 0.255 e. The van der Waals surface area contributed by atoms with Gasteiger partial charge in [-0.2, -0.15) is 0 Å². The fourth-order valence-corrected chi connectivity index (χ4v) is 6.23. The second-order valence-corrected chi connectivity index (χ2v) is 11.3. The molecule has 5 aromatic carbocycles. The first-order chi connectivity index (χ1) is 22.8. The number of fused-ring (bicyclic) bond motifs is 5. The van der Waals surface area contributed by atoms with Crippen LogP contribution >= 0.6 is 0 Å². The number of pyridine rings is 3. The topological polar surface area (TPSA) is 64.5 Å². The summed E-state index contributed by atoms with van der Waals surface area (Å²) in [5, 5.41) is 4.33. The van der Waals surface area contributed by atoms with Gasteiger partial charge in [-0.3, -0.25) is 4.98 Å². The number of para-hydroxylation sites is 2. The van der Waals surface area contributed by atoms with E-state index in [0.29, 0.717) is 0 Å². The number of rotatable bonds is 4. The van der Waals surface area contributed by atoms with Gasteiger partial charge in [0.15, 0.2) is 0 Å². The predicted octanol–water partition coefficient (Wildman–Crippen LogP) is 9.94. The van der Waals surface area contributed by atoms with E-state index in [0.717, 1.165) is 88.8 Å².